The number of aromatic amines is 1. The highest BCUT2D eigenvalue weighted by Gasteiger charge is 2.06. The van der Waals surface area contributed by atoms with Gasteiger partial charge in [0.05, 0.1) is 10.5 Å². The first kappa shape index (κ1) is 8.53. The zero-order chi connectivity index (χ0) is 9.42. The van der Waals surface area contributed by atoms with Crippen molar-refractivity contribution in [1.82, 2.24) is 10.2 Å². The molecule has 4 heteroatoms. The predicted octanol–water partition coefficient (Wildman–Crippen LogP) is 1.98. The standard InChI is InChI=1S/C9H10ClN3/c1-5-9-7(10)2-6(4-11)3-8(9)13-12-5/h2-3H,4,11H2,1H3,(H,12,13). The van der Waals surface area contributed by atoms with Crippen LogP contribution in [0.15, 0.2) is 12.1 Å². The van der Waals surface area contributed by atoms with Crippen LogP contribution in [0.5, 0.6) is 0 Å². The average Bonchev–Trinajstić information content (AvgIpc) is 2.48. The van der Waals surface area contributed by atoms with Gasteiger partial charge in [-0.1, -0.05) is 11.6 Å². The smallest absolute Gasteiger partial charge is 0.0941 e. The highest BCUT2D eigenvalue weighted by Crippen LogP contribution is 2.26. The molecule has 1 aromatic heterocycles. The summed E-state index contributed by atoms with van der Waals surface area (Å²) >= 11 is 6.07. The monoisotopic (exact) mass is 195 g/mol. The normalized spacial score (nSPS) is 11.0. The Morgan fingerprint density at radius 2 is 2.31 bits per heavy atom. The third-order valence-corrected chi connectivity index (χ3v) is 2.38. The van der Waals surface area contributed by atoms with Crippen molar-refractivity contribution in [2.24, 2.45) is 5.73 Å². The van der Waals surface area contributed by atoms with Gasteiger partial charge >= 0.3 is 0 Å². The Balaban J connectivity index is 2.79. The van der Waals surface area contributed by atoms with Gasteiger partial charge in [-0.3, -0.25) is 5.10 Å². The molecule has 0 fully saturated rings. The van der Waals surface area contributed by atoms with Gasteiger partial charge in [-0.05, 0) is 24.6 Å². The molecular weight excluding hydrogens is 186 g/mol. The van der Waals surface area contributed by atoms with E-state index >= 15 is 0 Å². The molecular formula is C9H10ClN3. The zero-order valence-corrected chi connectivity index (χ0v) is 8.02. The van der Waals surface area contributed by atoms with Crippen molar-refractivity contribution < 1.29 is 0 Å². The fourth-order valence-electron chi connectivity index (χ4n) is 1.42. The molecule has 0 amide bonds. The second-order valence-corrected chi connectivity index (χ2v) is 3.43. The van der Waals surface area contributed by atoms with Gasteiger partial charge in [0.1, 0.15) is 0 Å². The Bertz CT molecular complexity index is 447. The first-order chi connectivity index (χ1) is 6.22. The summed E-state index contributed by atoms with van der Waals surface area (Å²) < 4.78 is 0. The van der Waals surface area contributed by atoms with E-state index in [0.717, 1.165) is 22.2 Å². The number of aromatic nitrogens is 2. The summed E-state index contributed by atoms with van der Waals surface area (Å²) in [6.45, 7) is 2.44. The first-order valence-corrected chi connectivity index (χ1v) is 4.43. The molecule has 2 aromatic rings. The van der Waals surface area contributed by atoms with E-state index < -0.39 is 0 Å². The number of halogens is 1. The van der Waals surface area contributed by atoms with Crippen LogP contribution in [0.4, 0.5) is 0 Å². The Morgan fingerprint density at radius 1 is 1.54 bits per heavy atom. The topological polar surface area (TPSA) is 54.7 Å². The van der Waals surface area contributed by atoms with E-state index in [1.807, 2.05) is 19.1 Å². The van der Waals surface area contributed by atoms with Crippen LogP contribution in [0.1, 0.15) is 11.3 Å². The van der Waals surface area contributed by atoms with E-state index in [1.54, 1.807) is 0 Å². The highest BCUT2D eigenvalue weighted by atomic mass is 35.5. The molecule has 0 radical (unpaired) electrons. The van der Waals surface area contributed by atoms with Crippen LogP contribution in [-0.2, 0) is 6.54 Å². The van der Waals surface area contributed by atoms with Crippen molar-refractivity contribution in [3.05, 3.63) is 28.4 Å². The summed E-state index contributed by atoms with van der Waals surface area (Å²) in [6.07, 6.45) is 0. The maximum absolute atomic E-state index is 6.07. The Labute approximate surface area is 80.9 Å². The Kier molecular flexibility index (Phi) is 1.98. The van der Waals surface area contributed by atoms with E-state index in [-0.39, 0.29) is 0 Å². The number of nitrogens with one attached hydrogen (secondary N) is 1. The lowest BCUT2D eigenvalue weighted by atomic mass is 10.1. The summed E-state index contributed by atoms with van der Waals surface area (Å²) in [7, 11) is 0. The zero-order valence-electron chi connectivity index (χ0n) is 7.26. The average molecular weight is 196 g/mol. The lowest BCUT2D eigenvalue weighted by Crippen LogP contribution is -1.95. The van der Waals surface area contributed by atoms with Crippen molar-refractivity contribution in [2.45, 2.75) is 13.5 Å². The number of fused-ring (bicyclic) bond motifs is 1. The third kappa shape index (κ3) is 1.30. The second kappa shape index (κ2) is 3.01. The van der Waals surface area contributed by atoms with E-state index in [0.29, 0.717) is 11.6 Å². The minimum atomic E-state index is 0.488. The molecule has 0 saturated carbocycles. The fraction of sp³-hybridized carbons (Fsp3) is 0.222. The summed E-state index contributed by atoms with van der Waals surface area (Å²) in [5.74, 6) is 0. The van der Waals surface area contributed by atoms with Gasteiger partial charge in [0, 0.05) is 17.6 Å². The molecule has 1 heterocycles. The number of hydrogen-bond donors (Lipinski definition) is 2. The molecule has 0 saturated heterocycles. The Hall–Kier alpha value is -1.06. The number of rotatable bonds is 1. The molecule has 0 bridgehead atoms. The molecule has 3 nitrogen and oxygen atoms in total. The van der Waals surface area contributed by atoms with Crippen LogP contribution < -0.4 is 5.73 Å². The van der Waals surface area contributed by atoms with E-state index in [9.17, 15) is 0 Å². The largest absolute Gasteiger partial charge is 0.326 e. The molecule has 0 spiro atoms. The number of nitrogens with two attached hydrogens (primary N) is 1. The highest BCUT2D eigenvalue weighted by molar-refractivity contribution is 6.35. The molecule has 1 aromatic carbocycles. The maximum Gasteiger partial charge on any atom is 0.0941 e. The van der Waals surface area contributed by atoms with Gasteiger partial charge in [0.25, 0.3) is 0 Å². The molecule has 13 heavy (non-hydrogen) atoms. The maximum atomic E-state index is 6.07. The molecule has 0 aliphatic carbocycles. The van der Waals surface area contributed by atoms with Crippen LogP contribution in [-0.4, -0.2) is 10.2 Å². The van der Waals surface area contributed by atoms with Gasteiger partial charge in [-0.25, -0.2) is 0 Å². The van der Waals surface area contributed by atoms with Gasteiger partial charge in [-0.2, -0.15) is 5.10 Å². The van der Waals surface area contributed by atoms with Crippen molar-refractivity contribution in [3.63, 3.8) is 0 Å². The first-order valence-electron chi connectivity index (χ1n) is 4.05. The van der Waals surface area contributed by atoms with Crippen molar-refractivity contribution >= 4 is 22.5 Å². The predicted molar refractivity (Wildman–Crippen MR) is 53.7 cm³/mol. The quantitative estimate of drug-likeness (QED) is 0.731. The number of hydrogen-bond acceptors (Lipinski definition) is 2. The number of benzene rings is 1. The molecule has 0 aliphatic heterocycles. The third-order valence-electron chi connectivity index (χ3n) is 2.08. The second-order valence-electron chi connectivity index (χ2n) is 3.02. The van der Waals surface area contributed by atoms with Gasteiger partial charge in [0.15, 0.2) is 0 Å². The SMILES string of the molecule is Cc1[nH]nc2cc(CN)cc(Cl)c12. The molecule has 0 atom stereocenters. The van der Waals surface area contributed by atoms with Crippen LogP contribution in [0.3, 0.4) is 0 Å². The number of nitrogens with zero attached hydrogens (tertiary/aromatic N) is 1. The van der Waals surface area contributed by atoms with Crippen molar-refractivity contribution in [3.8, 4) is 0 Å². The van der Waals surface area contributed by atoms with Crippen molar-refractivity contribution in [2.75, 3.05) is 0 Å². The lowest BCUT2D eigenvalue weighted by Gasteiger charge is -1.99. The van der Waals surface area contributed by atoms with Crippen LogP contribution >= 0.6 is 11.6 Å². The van der Waals surface area contributed by atoms with E-state index in [1.165, 1.54) is 0 Å². The summed E-state index contributed by atoms with van der Waals surface area (Å²) in [6, 6.07) is 3.83. The van der Waals surface area contributed by atoms with Crippen LogP contribution in [0.2, 0.25) is 5.02 Å². The minimum Gasteiger partial charge on any atom is -0.326 e. The van der Waals surface area contributed by atoms with Crippen LogP contribution in [0.25, 0.3) is 10.9 Å². The molecule has 0 unspecified atom stereocenters. The summed E-state index contributed by atoms with van der Waals surface area (Å²) in [4.78, 5) is 0. The summed E-state index contributed by atoms with van der Waals surface area (Å²) in [5, 5.41) is 8.71. The molecule has 2 rings (SSSR count). The van der Waals surface area contributed by atoms with Crippen molar-refractivity contribution in [1.29, 1.82) is 0 Å². The molecule has 0 aliphatic rings. The number of H-pyrrole nitrogens is 1. The Morgan fingerprint density at radius 3 is 3.00 bits per heavy atom. The van der Waals surface area contributed by atoms with E-state index in [4.69, 9.17) is 17.3 Å². The number of aryl methyl sites for hydroxylation is 1. The van der Waals surface area contributed by atoms with Gasteiger partial charge in [0.2, 0.25) is 0 Å². The molecule has 3 N–H and O–H groups in total. The van der Waals surface area contributed by atoms with Crippen LogP contribution in [0, 0.1) is 6.92 Å². The summed E-state index contributed by atoms with van der Waals surface area (Å²) in [5.41, 5.74) is 8.39. The molecule has 68 valence electrons. The van der Waals surface area contributed by atoms with E-state index in [2.05, 4.69) is 10.2 Å². The minimum absolute atomic E-state index is 0.488. The lowest BCUT2D eigenvalue weighted by molar-refractivity contribution is 1.06. The van der Waals surface area contributed by atoms with Gasteiger partial charge < -0.3 is 5.73 Å². The fourth-order valence-corrected chi connectivity index (χ4v) is 1.80. The van der Waals surface area contributed by atoms with Gasteiger partial charge in [-0.15, -0.1) is 0 Å².